The van der Waals surface area contributed by atoms with Crippen LogP contribution in [0.4, 0.5) is 5.69 Å². The van der Waals surface area contributed by atoms with Crippen molar-refractivity contribution in [2.24, 2.45) is 0 Å². The zero-order chi connectivity index (χ0) is 19.5. The maximum atomic E-state index is 12.7. The zero-order valence-electron chi connectivity index (χ0n) is 15.4. The average molecular weight is 362 g/mol. The van der Waals surface area contributed by atoms with Gasteiger partial charge >= 0.3 is 0 Å². The summed E-state index contributed by atoms with van der Waals surface area (Å²) in [5, 5.41) is 16.7. The number of hydrogen-bond acceptors (Lipinski definition) is 2. The van der Waals surface area contributed by atoms with Crippen molar-refractivity contribution in [3.8, 4) is 6.07 Å². The number of para-hydroxylation sites is 1. The maximum absolute atomic E-state index is 12.7. The summed E-state index contributed by atoms with van der Waals surface area (Å²) < 4.78 is 0. The van der Waals surface area contributed by atoms with E-state index >= 15 is 0 Å². The molecule has 28 heavy (non-hydrogen) atoms. The molecule has 1 amide bonds. The lowest BCUT2D eigenvalue weighted by molar-refractivity contribution is -0.112. The molecule has 1 N–H and O–H groups in total. The highest BCUT2D eigenvalue weighted by atomic mass is 16.1. The maximum Gasteiger partial charge on any atom is 0.266 e. The normalized spacial score (nSPS) is 11.4. The number of carbonyl (C=O) groups is 1. The van der Waals surface area contributed by atoms with Gasteiger partial charge in [-0.05, 0) is 57.8 Å². The van der Waals surface area contributed by atoms with Crippen LogP contribution in [0, 0.1) is 18.3 Å². The standard InChI is InChI=1S/C25H18N2O/c1-17-20-11-5-7-13-22(20)24(23-14-8-6-12-21(17)23)15-18(16-26)25(28)27-19-9-3-2-4-10-19/h2-15H,1H3,(H,27,28)/b18-15-. The molecule has 4 aromatic rings. The topological polar surface area (TPSA) is 52.9 Å². The molecule has 0 saturated carbocycles. The summed E-state index contributed by atoms with van der Waals surface area (Å²) in [5.74, 6) is -0.414. The third-order valence-corrected chi connectivity index (χ3v) is 4.93. The van der Waals surface area contributed by atoms with Gasteiger partial charge in [-0.15, -0.1) is 0 Å². The minimum Gasteiger partial charge on any atom is -0.321 e. The molecule has 0 radical (unpaired) electrons. The molecule has 0 saturated heterocycles. The second kappa shape index (κ2) is 7.38. The van der Waals surface area contributed by atoms with Crippen molar-refractivity contribution >= 4 is 39.2 Å². The average Bonchev–Trinajstić information content (AvgIpc) is 2.74. The predicted molar refractivity (Wildman–Crippen MR) is 115 cm³/mol. The van der Waals surface area contributed by atoms with E-state index in [0.29, 0.717) is 5.69 Å². The Kier molecular flexibility index (Phi) is 4.62. The number of benzene rings is 4. The van der Waals surface area contributed by atoms with E-state index in [0.717, 1.165) is 27.1 Å². The molecule has 4 aromatic carbocycles. The quantitative estimate of drug-likeness (QED) is 0.282. The number of anilines is 1. The molecule has 0 aliphatic heterocycles. The van der Waals surface area contributed by atoms with Crippen LogP contribution in [0.5, 0.6) is 0 Å². The predicted octanol–water partition coefficient (Wildman–Crippen LogP) is 5.85. The van der Waals surface area contributed by atoms with Gasteiger partial charge in [0, 0.05) is 5.69 Å². The van der Waals surface area contributed by atoms with Crippen LogP contribution in [0.3, 0.4) is 0 Å². The Labute approximate surface area is 163 Å². The van der Waals surface area contributed by atoms with E-state index in [1.807, 2.05) is 54.6 Å². The largest absolute Gasteiger partial charge is 0.321 e. The van der Waals surface area contributed by atoms with Crippen molar-refractivity contribution in [2.45, 2.75) is 6.92 Å². The summed E-state index contributed by atoms with van der Waals surface area (Å²) in [6.45, 7) is 2.10. The van der Waals surface area contributed by atoms with Gasteiger partial charge in [0.15, 0.2) is 0 Å². The number of amides is 1. The molecule has 4 rings (SSSR count). The van der Waals surface area contributed by atoms with Crippen molar-refractivity contribution in [2.75, 3.05) is 5.32 Å². The Morgan fingerprint density at radius 2 is 1.32 bits per heavy atom. The summed E-state index contributed by atoms with van der Waals surface area (Å²) in [6.07, 6.45) is 1.70. The minimum absolute atomic E-state index is 0.0722. The molecule has 134 valence electrons. The van der Waals surface area contributed by atoms with Crippen LogP contribution in [0.25, 0.3) is 27.6 Å². The first-order valence-electron chi connectivity index (χ1n) is 9.07. The van der Waals surface area contributed by atoms with Crippen LogP contribution in [0.2, 0.25) is 0 Å². The summed E-state index contributed by atoms with van der Waals surface area (Å²) in [6, 6.07) is 27.4. The van der Waals surface area contributed by atoms with Crippen molar-refractivity contribution in [1.82, 2.24) is 0 Å². The third kappa shape index (κ3) is 3.13. The highest BCUT2D eigenvalue weighted by Crippen LogP contribution is 2.33. The lowest BCUT2D eigenvalue weighted by atomic mass is 9.91. The first-order valence-corrected chi connectivity index (χ1v) is 9.07. The second-order valence-corrected chi connectivity index (χ2v) is 6.62. The molecule has 0 heterocycles. The van der Waals surface area contributed by atoms with E-state index in [1.54, 1.807) is 18.2 Å². The lowest BCUT2D eigenvalue weighted by Crippen LogP contribution is -2.13. The Morgan fingerprint density at radius 1 is 0.821 bits per heavy atom. The van der Waals surface area contributed by atoms with Gasteiger partial charge in [-0.3, -0.25) is 4.79 Å². The van der Waals surface area contributed by atoms with Gasteiger partial charge in [-0.25, -0.2) is 0 Å². The van der Waals surface area contributed by atoms with Gasteiger partial charge in [0.2, 0.25) is 0 Å². The summed E-state index contributed by atoms with van der Waals surface area (Å²) >= 11 is 0. The van der Waals surface area contributed by atoms with E-state index in [-0.39, 0.29) is 5.57 Å². The van der Waals surface area contributed by atoms with Gasteiger partial charge in [0.1, 0.15) is 11.6 Å². The molecular weight excluding hydrogens is 344 g/mol. The number of nitrogens with zero attached hydrogens (tertiary/aromatic N) is 1. The molecule has 0 aliphatic rings. The molecule has 0 unspecified atom stereocenters. The molecule has 0 aliphatic carbocycles. The highest BCUT2D eigenvalue weighted by molar-refractivity contribution is 6.15. The molecule has 0 fully saturated rings. The summed E-state index contributed by atoms with van der Waals surface area (Å²) in [5.41, 5.74) is 2.81. The van der Waals surface area contributed by atoms with E-state index in [2.05, 4.69) is 30.4 Å². The number of nitriles is 1. The number of aryl methyl sites for hydroxylation is 1. The van der Waals surface area contributed by atoms with Crippen molar-refractivity contribution in [3.05, 3.63) is 95.6 Å². The van der Waals surface area contributed by atoms with Crippen LogP contribution in [0.1, 0.15) is 11.1 Å². The molecule has 0 bridgehead atoms. The fraction of sp³-hybridized carbons (Fsp3) is 0.0400. The fourth-order valence-electron chi connectivity index (χ4n) is 3.55. The second-order valence-electron chi connectivity index (χ2n) is 6.62. The van der Waals surface area contributed by atoms with E-state index in [9.17, 15) is 10.1 Å². The number of hydrogen-bond donors (Lipinski definition) is 1. The van der Waals surface area contributed by atoms with Crippen LogP contribution >= 0.6 is 0 Å². The van der Waals surface area contributed by atoms with Gasteiger partial charge in [-0.2, -0.15) is 5.26 Å². The Bertz CT molecular complexity index is 1210. The zero-order valence-corrected chi connectivity index (χ0v) is 15.4. The Hall–Kier alpha value is -3.90. The van der Waals surface area contributed by atoms with Gasteiger partial charge < -0.3 is 5.32 Å². The monoisotopic (exact) mass is 362 g/mol. The first kappa shape index (κ1) is 17.5. The molecule has 0 spiro atoms. The van der Waals surface area contributed by atoms with Crippen molar-refractivity contribution in [3.63, 3.8) is 0 Å². The number of rotatable bonds is 3. The van der Waals surface area contributed by atoms with Gasteiger partial charge in [-0.1, -0.05) is 66.7 Å². The molecular formula is C25H18N2O. The van der Waals surface area contributed by atoms with Crippen LogP contribution in [-0.4, -0.2) is 5.91 Å². The minimum atomic E-state index is -0.414. The van der Waals surface area contributed by atoms with Gasteiger partial charge in [0.05, 0.1) is 0 Å². The number of carbonyl (C=O) groups excluding carboxylic acids is 1. The molecule has 3 nitrogen and oxygen atoms in total. The van der Waals surface area contributed by atoms with Crippen molar-refractivity contribution in [1.29, 1.82) is 5.26 Å². The lowest BCUT2D eigenvalue weighted by Gasteiger charge is -2.13. The number of nitrogens with one attached hydrogen (secondary N) is 1. The van der Waals surface area contributed by atoms with Crippen LogP contribution < -0.4 is 5.32 Å². The summed E-state index contributed by atoms with van der Waals surface area (Å²) in [4.78, 5) is 12.7. The van der Waals surface area contributed by atoms with Crippen LogP contribution in [0.15, 0.2) is 84.4 Å². The Morgan fingerprint density at radius 3 is 1.86 bits per heavy atom. The van der Waals surface area contributed by atoms with E-state index in [4.69, 9.17) is 0 Å². The molecule has 0 aromatic heterocycles. The SMILES string of the molecule is Cc1c2ccccc2c(/C=C(/C#N)C(=O)Nc2ccccc2)c2ccccc12. The van der Waals surface area contributed by atoms with Gasteiger partial charge in [0.25, 0.3) is 5.91 Å². The number of fused-ring (bicyclic) bond motifs is 2. The molecule has 3 heteroatoms. The fourth-order valence-corrected chi connectivity index (χ4v) is 3.55. The smallest absolute Gasteiger partial charge is 0.266 e. The third-order valence-electron chi connectivity index (χ3n) is 4.93. The summed E-state index contributed by atoms with van der Waals surface area (Å²) in [7, 11) is 0. The van der Waals surface area contributed by atoms with E-state index in [1.165, 1.54) is 5.56 Å². The molecule has 0 atom stereocenters. The Balaban J connectivity index is 1.90. The van der Waals surface area contributed by atoms with E-state index < -0.39 is 5.91 Å². The van der Waals surface area contributed by atoms with Crippen molar-refractivity contribution < 1.29 is 4.79 Å². The first-order chi connectivity index (χ1) is 13.7. The van der Waals surface area contributed by atoms with Crippen LogP contribution in [-0.2, 0) is 4.79 Å². The highest BCUT2D eigenvalue weighted by Gasteiger charge is 2.14.